The van der Waals surface area contributed by atoms with Crippen molar-refractivity contribution in [1.82, 2.24) is 20.2 Å². The predicted octanol–water partition coefficient (Wildman–Crippen LogP) is 4.11. The molecule has 4 aromatic rings. The first-order valence-corrected chi connectivity index (χ1v) is 10.7. The first-order chi connectivity index (χ1) is 14.3. The first kappa shape index (κ1) is 18.1. The van der Waals surface area contributed by atoms with Gasteiger partial charge >= 0.3 is 0 Å². The molecule has 2 aromatic heterocycles. The van der Waals surface area contributed by atoms with Crippen molar-refractivity contribution < 1.29 is 4.79 Å². The fourth-order valence-electron chi connectivity index (χ4n) is 3.77. The zero-order valence-electron chi connectivity index (χ0n) is 16.0. The highest BCUT2D eigenvalue weighted by molar-refractivity contribution is 7.11. The van der Waals surface area contributed by atoms with Gasteiger partial charge in [-0.2, -0.15) is 0 Å². The number of rotatable bonds is 5. The molecule has 2 aromatic carbocycles. The molecule has 0 spiro atoms. The molecular formula is C23H22N4OS. The summed E-state index contributed by atoms with van der Waals surface area (Å²) in [5, 5.41) is 5.62. The fourth-order valence-corrected chi connectivity index (χ4v) is 4.87. The minimum Gasteiger partial charge on any atom is -0.351 e. The van der Waals surface area contributed by atoms with Crippen molar-refractivity contribution in [3.05, 3.63) is 87.5 Å². The SMILES string of the molecule is O=C(c1cc2ccccc2[nH]1)N1CCc2nc(CNCc3ccccc3)sc2C1. The highest BCUT2D eigenvalue weighted by Crippen LogP contribution is 2.26. The number of hydrogen-bond donors (Lipinski definition) is 2. The maximum Gasteiger partial charge on any atom is 0.270 e. The summed E-state index contributed by atoms with van der Waals surface area (Å²) in [4.78, 5) is 24.2. The number of benzene rings is 2. The highest BCUT2D eigenvalue weighted by atomic mass is 32.1. The van der Waals surface area contributed by atoms with E-state index in [4.69, 9.17) is 4.98 Å². The van der Waals surface area contributed by atoms with Crippen molar-refractivity contribution in [2.75, 3.05) is 6.54 Å². The fraction of sp³-hybridized carbons (Fsp3) is 0.217. The molecule has 6 heteroatoms. The van der Waals surface area contributed by atoms with Crippen LogP contribution in [0, 0.1) is 0 Å². The Morgan fingerprint density at radius 1 is 1.10 bits per heavy atom. The maximum absolute atomic E-state index is 13.0. The number of carbonyl (C=O) groups excluding carboxylic acids is 1. The molecule has 1 aliphatic rings. The van der Waals surface area contributed by atoms with Crippen molar-refractivity contribution in [2.45, 2.75) is 26.1 Å². The number of nitrogens with zero attached hydrogens (tertiary/aromatic N) is 2. The van der Waals surface area contributed by atoms with Gasteiger partial charge < -0.3 is 15.2 Å². The van der Waals surface area contributed by atoms with Crippen molar-refractivity contribution in [3.8, 4) is 0 Å². The minimum atomic E-state index is 0.0593. The molecule has 0 saturated carbocycles. The lowest BCUT2D eigenvalue weighted by molar-refractivity contribution is 0.0731. The average Bonchev–Trinajstić information content (AvgIpc) is 3.37. The molecule has 0 fully saturated rings. The molecule has 0 atom stereocenters. The molecule has 3 heterocycles. The van der Waals surface area contributed by atoms with Gasteiger partial charge in [0.1, 0.15) is 10.7 Å². The molecule has 0 saturated heterocycles. The van der Waals surface area contributed by atoms with Crippen LogP contribution in [0.25, 0.3) is 10.9 Å². The van der Waals surface area contributed by atoms with E-state index >= 15 is 0 Å². The lowest BCUT2D eigenvalue weighted by Crippen LogP contribution is -2.35. The quantitative estimate of drug-likeness (QED) is 0.528. The van der Waals surface area contributed by atoms with Crippen LogP contribution in [0.2, 0.25) is 0 Å². The van der Waals surface area contributed by atoms with Crippen LogP contribution in [0.5, 0.6) is 0 Å². The van der Waals surface area contributed by atoms with Crippen molar-refractivity contribution in [3.63, 3.8) is 0 Å². The van der Waals surface area contributed by atoms with Crippen LogP contribution in [-0.4, -0.2) is 27.3 Å². The summed E-state index contributed by atoms with van der Waals surface area (Å²) < 4.78 is 0. The second-order valence-corrected chi connectivity index (χ2v) is 8.48. The molecule has 146 valence electrons. The van der Waals surface area contributed by atoms with Crippen molar-refractivity contribution in [2.24, 2.45) is 0 Å². The molecule has 5 rings (SSSR count). The average molecular weight is 403 g/mol. The van der Waals surface area contributed by atoms with Crippen LogP contribution in [0.3, 0.4) is 0 Å². The van der Waals surface area contributed by atoms with Crippen LogP contribution < -0.4 is 5.32 Å². The summed E-state index contributed by atoms with van der Waals surface area (Å²) >= 11 is 1.71. The number of amides is 1. The first-order valence-electron chi connectivity index (χ1n) is 9.85. The van der Waals surface area contributed by atoms with Gasteiger partial charge in [0.2, 0.25) is 0 Å². The van der Waals surface area contributed by atoms with E-state index in [9.17, 15) is 4.79 Å². The van der Waals surface area contributed by atoms with E-state index in [0.717, 1.165) is 41.1 Å². The van der Waals surface area contributed by atoms with Gasteiger partial charge in [-0.25, -0.2) is 4.98 Å². The zero-order chi connectivity index (χ0) is 19.6. The van der Waals surface area contributed by atoms with E-state index < -0.39 is 0 Å². The maximum atomic E-state index is 13.0. The molecule has 29 heavy (non-hydrogen) atoms. The number of carbonyl (C=O) groups is 1. The van der Waals surface area contributed by atoms with Gasteiger partial charge in [-0.3, -0.25) is 4.79 Å². The van der Waals surface area contributed by atoms with E-state index in [0.29, 0.717) is 18.8 Å². The number of hydrogen-bond acceptors (Lipinski definition) is 4. The van der Waals surface area contributed by atoms with Gasteiger partial charge in [-0.15, -0.1) is 11.3 Å². The molecule has 0 radical (unpaired) electrons. The second kappa shape index (κ2) is 7.81. The highest BCUT2D eigenvalue weighted by Gasteiger charge is 2.25. The number of thiazole rings is 1. The summed E-state index contributed by atoms with van der Waals surface area (Å²) in [5.74, 6) is 0.0593. The van der Waals surface area contributed by atoms with Crippen LogP contribution in [0.15, 0.2) is 60.7 Å². The topological polar surface area (TPSA) is 61.0 Å². The van der Waals surface area contributed by atoms with E-state index in [1.165, 1.54) is 10.4 Å². The lowest BCUT2D eigenvalue weighted by atomic mass is 10.1. The van der Waals surface area contributed by atoms with Crippen LogP contribution in [-0.2, 0) is 26.1 Å². The Morgan fingerprint density at radius 3 is 2.79 bits per heavy atom. The Bertz CT molecular complexity index is 1120. The Hall–Kier alpha value is -2.96. The Labute approximate surface area is 173 Å². The number of aromatic amines is 1. The summed E-state index contributed by atoms with van der Waals surface area (Å²) in [5.41, 5.74) is 4.07. The van der Waals surface area contributed by atoms with Gasteiger partial charge in [0.25, 0.3) is 5.91 Å². The second-order valence-electron chi connectivity index (χ2n) is 7.31. The van der Waals surface area contributed by atoms with Crippen molar-refractivity contribution >= 4 is 28.1 Å². The molecular weight excluding hydrogens is 380 g/mol. The molecule has 0 aliphatic carbocycles. The number of para-hydroxylation sites is 1. The molecule has 1 amide bonds. The minimum absolute atomic E-state index is 0.0593. The zero-order valence-corrected chi connectivity index (χ0v) is 16.8. The summed E-state index contributed by atoms with van der Waals surface area (Å²) in [6.07, 6.45) is 0.816. The molecule has 5 nitrogen and oxygen atoms in total. The number of nitrogens with one attached hydrogen (secondary N) is 2. The monoisotopic (exact) mass is 402 g/mol. The van der Waals surface area contributed by atoms with E-state index in [1.54, 1.807) is 11.3 Å². The normalized spacial score (nSPS) is 13.6. The van der Waals surface area contributed by atoms with Crippen LogP contribution in [0.1, 0.15) is 31.6 Å². The van der Waals surface area contributed by atoms with Gasteiger partial charge in [0, 0.05) is 41.8 Å². The van der Waals surface area contributed by atoms with Crippen molar-refractivity contribution in [1.29, 1.82) is 0 Å². The van der Waals surface area contributed by atoms with E-state index in [-0.39, 0.29) is 5.91 Å². The third-order valence-electron chi connectivity index (χ3n) is 5.27. The van der Waals surface area contributed by atoms with E-state index in [2.05, 4.69) is 34.6 Å². The largest absolute Gasteiger partial charge is 0.351 e. The van der Waals surface area contributed by atoms with Gasteiger partial charge in [-0.1, -0.05) is 48.5 Å². The smallest absolute Gasteiger partial charge is 0.270 e. The molecule has 0 unspecified atom stereocenters. The van der Waals surface area contributed by atoms with Crippen LogP contribution in [0.4, 0.5) is 0 Å². The van der Waals surface area contributed by atoms with Gasteiger partial charge in [0.15, 0.2) is 0 Å². The van der Waals surface area contributed by atoms with E-state index in [1.807, 2.05) is 41.3 Å². The van der Waals surface area contributed by atoms with Crippen LogP contribution >= 0.6 is 11.3 Å². The summed E-state index contributed by atoms with van der Waals surface area (Å²) in [6.45, 7) is 2.93. The van der Waals surface area contributed by atoms with Gasteiger partial charge in [-0.05, 0) is 17.7 Å². The van der Waals surface area contributed by atoms with Gasteiger partial charge in [0.05, 0.1) is 12.2 Å². The lowest BCUT2D eigenvalue weighted by Gasteiger charge is -2.25. The Morgan fingerprint density at radius 2 is 1.93 bits per heavy atom. The Kier molecular flexibility index (Phi) is 4.87. The standard InChI is InChI=1S/C23H22N4OS/c28-23(20-12-17-8-4-5-9-18(17)25-20)27-11-10-19-21(15-27)29-22(26-19)14-24-13-16-6-2-1-3-7-16/h1-9,12,24-25H,10-11,13-15H2. The number of H-pyrrole nitrogens is 1. The number of fused-ring (bicyclic) bond motifs is 2. The number of aromatic nitrogens is 2. The summed E-state index contributed by atoms with van der Waals surface area (Å²) in [7, 11) is 0. The summed E-state index contributed by atoms with van der Waals surface area (Å²) in [6, 6.07) is 20.3. The molecule has 1 aliphatic heterocycles. The third kappa shape index (κ3) is 3.81. The Balaban J connectivity index is 1.24. The molecule has 0 bridgehead atoms. The predicted molar refractivity (Wildman–Crippen MR) is 116 cm³/mol. The third-order valence-corrected chi connectivity index (χ3v) is 6.35. The molecule has 2 N–H and O–H groups in total.